The zero-order valence-electron chi connectivity index (χ0n) is 17.7. The lowest BCUT2D eigenvalue weighted by atomic mass is 9.99. The van der Waals surface area contributed by atoms with Crippen molar-refractivity contribution in [2.45, 2.75) is 24.3 Å². The molecule has 1 amide bonds. The Bertz CT molecular complexity index is 1260. The lowest BCUT2D eigenvalue weighted by molar-refractivity contribution is 0.0792. The van der Waals surface area contributed by atoms with Crippen molar-refractivity contribution >= 4 is 51.1 Å². The van der Waals surface area contributed by atoms with Crippen LogP contribution in [0.5, 0.6) is 5.75 Å². The molecule has 0 aromatic heterocycles. The van der Waals surface area contributed by atoms with Gasteiger partial charge in [0.2, 0.25) is 0 Å². The number of phenolic OH excluding ortho intramolecular Hbond substituents is 1. The Morgan fingerprint density at radius 3 is 2.53 bits per heavy atom. The number of anilines is 1. The van der Waals surface area contributed by atoms with E-state index in [0.717, 1.165) is 30.9 Å². The first-order valence-corrected chi connectivity index (χ1v) is 12.4. The van der Waals surface area contributed by atoms with Crippen LogP contribution in [-0.2, 0) is 6.61 Å². The van der Waals surface area contributed by atoms with E-state index in [4.69, 9.17) is 11.6 Å². The van der Waals surface area contributed by atoms with Gasteiger partial charge in [0.15, 0.2) is 0 Å². The Balaban J connectivity index is 1.64. The molecule has 0 aliphatic carbocycles. The number of hydrogen-bond acceptors (Lipinski definition) is 5. The predicted octanol–water partition coefficient (Wildman–Crippen LogP) is 6.60. The molecule has 178 valence electrons. The summed E-state index contributed by atoms with van der Waals surface area (Å²) in [6.45, 7) is 1.02. The topological polar surface area (TPSA) is 72.8 Å². The highest BCUT2D eigenvalue weighted by molar-refractivity contribution is 9.10. The second-order valence-corrected chi connectivity index (χ2v) is 9.92. The third-order valence-electron chi connectivity index (χ3n) is 5.53. The second kappa shape index (κ2) is 10.5. The minimum atomic E-state index is -0.843. The highest BCUT2D eigenvalue weighted by Crippen LogP contribution is 2.39. The Morgan fingerprint density at radius 1 is 1.09 bits per heavy atom. The van der Waals surface area contributed by atoms with E-state index in [1.807, 2.05) is 0 Å². The summed E-state index contributed by atoms with van der Waals surface area (Å²) in [7, 11) is 0. The van der Waals surface area contributed by atoms with E-state index < -0.39 is 11.6 Å². The molecule has 3 aromatic rings. The van der Waals surface area contributed by atoms with E-state index in [0.29, 0.717) is 44.2 Å². The first-order chi connectivity index (χ1) is 16.3. The molecule has 1 fully saturated rings. The number of halogens is 4. The van der Waals surface area contributed by atoms with Crippen molar-refractivity contribution in [1.29, 1.82) is 0 Å². The van der Waals surface area contributed by atoms with E-state index in [1.165, 1.54) is 18.2 Å². The highest BCUT2D eigenvalue weighted by Gasteiger charge is 2.22. The van der Waals surface area contributed by atoms with Gasteiger partial charge < -0.3 is 19.8 Å². The standard InChI is InChI=1S/C24H20BrClF2N2O3S/c25-18-7-14(24(33)30-5-1-2-6-30)8-22(23(18)32)34-29-21-10-17(19(27)11-20(21)28)16-9-15(26)4-3-13(16)12-31/h3-4,7-11,29,31-32H,1-2,5-6,12H2. The molecule has 0 spiro atoms. The number of carbonyl (C=O) groups excluding carboxylic acids is 1. The minimum Gasteiger partial charge on any atom is -0.506 e. The maximum Gasteiger partial charge on any atom is 0.253 e. The van der Waals surface area contributed by atoms with Crippen LogP contribution in [0.1, 0.15) is 28.8 Å². The smallest absolute Gasteiger partial charge is 0.253 e. The zero-order valence-corrected chi connectivity index (χ0v) is 20.9. The lowest BCUT2D eigenvalue weighted by Gasteiger charge is -2.17. The molecule has 0 atom stereocenters. The summed E-state index contributed by atoms with van der Waals surface area (Å²) in [6.07, 6.45) is 1.90. The number of carbonyl (C=O) groups is 1. The molecule has 34 heavy (non-hydrogen) atoms. The van der Waals surface area contributed by atoms with E-state index in [-0.39, 0.29) is 29.5 Å². The molecule has 3 aromatic carbocycles. The number of benzene rings is 3. The third-order valence-corrected chi connectivity index (χ3v) is 7.22. The van der Waals surface area contributed by atoms with Crippen LogP contribution in [0.4, 0.5) is 14.5 Å². The van der Waals surface area contributed by atoms with Gasteiger partial charge in [-0.1, -0.05) is 17.7 Å². The van der Waals surface area contributed by atoms with Gasteiger partial charge in [-0.15, -0.1) is 0 Å². The fraction of sp³-hybridized carbons (Fsp3) is 0.208. The Labute approximate surface area is 213 Å². The average molecular weight is 570 g/mol. The van der Waals surface area contributed by atoms with E-state index in [9.17, 15) is 23.8 Å². The molecule has 1 aliphatic heterocycles. The number of nitrogens with zero attached hydrogens (tertiary/aromatic N) is 1. The number of nitrogens with one attached hydrogen (secondary N) is 1. The van der Waals surface area contributed by atoms with Crippen molar-refractivity contribution in [3.63, 3.8) is 0 Å². The van der Waals surface area contributed by atoms with Crippen LogP contribution in [0.2, 0.25) is 5.02 Å². The van der Waals surface area contributed by atoms with Crippen molar-refractivity contribution < 1.29 is 23.8 Å². The first kappa shape index (κ1) is 24.8. The molecule has 3 N–H and O–H groups in total. The van der Waals surface area contributed by atoms with Crippen molar-refractivity contribution in [2.75, 3.05) is 17.8 Å². The number of rotatable bonds is 6. The fourth-order valence-corrected chi connectivity index (χ4v) is 5.29. The summed E-state index contributed by atoms with van der Waals surface area (Å²) in [5, 5.41) is 20.4. The van der Waals surface area contributed by atoms with Crippen LogP contribution >= 0.6 is 39.5 Å². The first-order valence-electron chi connectivity index (χ1n) is 10.4. The number of amides is 1. The van der Waals surface area contributed by atoms with Gasteiger partial charge in [0.05, 0.1) is 21.7 Å². The zero-order chi connectivity index (χ0) is 24.4. The molecule has 0 bridgehead atoms. The third kappa shape index (κ3) is 5.17. The maximum absolute atomic E-state index is 14.6. The van der Waals surface area contributed by atoms with Crippen LogP contribution in [0.15, 0.2) is 51.8 Å². The Kier molecular flexibility index (Phi) is 7.67. The molecule has 1 saturated heterocycles. The van der Waals surface area contributed by atoms with Crippen LogP contribution in [0.3, 0.4) is 0 Å². The number of hydrogen-bond donors (Lipinski definition) is 3. The molecular weight excluding hydrogens is 550 g/mol. The van der Waals surface area contributed by atoms with Gasteiger partial charge in [-0.05, 0) is 82.2 Å². The van der Waals surface area contributed by atoms with Crippen LogP contribution in [-0.4, -0.2) is 34.1 Å². The quantitative estimate of drug-likeness (QED) is 0.292. The Morgan fingerprint density at radius 2 is 1.82 bits per heavy atom. The summed E-state index contributed by atoms with van der Waals surface area (Å²) >= 11 is 10.2. The molecular formula is C24H20BrClF2N2O3S. The minimum absolute atomic E-state index is 0.0444. The van der Waals surface area contributed by atoms with Crippen molar-refractivity contribution in [3.8, 4) is 16.9 Å². The van der Waals surface area contributed by atoms with Crippen LogP contribution in [0.25, 0.3) is 11.1 Å². The summed E-state index contributed by atoms with van der Waals surface area (Å²) in [5.74, 6) is -1.92. The number of aliphatic hydroxyl groups excluding tert-OH is 1. The molecule has 4 rings (SSSR count). The highest BCUT2D eigenvalue weighted by atomic mass is 79.9. The number of likely N-dealkylation sites (tertiary alicyclic amines) is 1. The Hall–Kier alpha value is -2.33. The average Bonchev–Trinajstić information content (AvgIpc) is 3.35. The monoisotopic (exact) mass is 568 g/mol. The largest absolute Gasteiger partial charge is 0.506 e. The van der Waals surface area contributed by atoms with Crippen molar-refractivity contribution in [3.05, 3.63) is 74.7 Å². The predicted molar refractivity (Wildman–Crippen MR) is 133 cm³/mol. The van der Waals surface area contributed by atoms with E-state index in [1.54, 1.807) is 23.1 Å². The SMILES string of the molecule is O=C(c1cc(Br)c(O)c(SNc2cc(-c3cc(Cl)ccc3CO)c(F)cc2F)c1)N1CCCC1. The van der Waals surface area contributed by atoms with Gasteiger partial charge >= 0.3 is 0 Å². The van der Waals surface area contributed by atoms with Crippen molar-refractivity contribution in [2.24, 2.45) is 0 Å². The molecule has 1 aliphatic rings. The summed E-state index contributed by atoms with van der Waals surface area (Å²) < 4.78 is 32.3. The maximum atomic E-state index is 14.6. The second-order valence-electron chi connectivity index (χ2n) is 7.78. The van der Waals surface area contributed by atoms with Gasteiger partial charge in [0, 0.05) is 35.3 Å². The van der Waals surface area contributed by atoms with Gasteiger partial charge in [-0.3, -0.25) is 4.79 Å². The molecule has 5 nitrogen and oxygen atoms in total. The van der Waals surface area contributed by atoms with E-state index >= 15 is 0 Å². The molecule has 0 unspecified atom stereocenters. The lowest BCUT2D eigenvalue weighted by Crippen LogP contribution is -2.27. The van der Waals surface area contributed by atoms with Crippen LogP contribution < -0.4 is 4.72 Å². The van der Waals surface area contributed by atoms with Gasteiger partial charge in [-0.25, -0.2) is 8.78 Å². The van der Waals surface area contributed by atoms with E-state index in [2.05, 4.69) is 20.7 Å². The number of aromatic hydroxyl groups is 1. The molecule has 0 saturated carbocycles. The summed E-state index contributed by atoms with van der Waals surface area (Å²) in [4.78, 5) is 14.8. The number of aliphatic hydroxyl groups is 1. The molecule has 0 radical (unpaired) electrons. The van der Waals surface area contributed by atoms with Crippen LogP contribution in [0, 0.1) is 11.6 Å². The summed E-state index contributed by atoms with van der Waals surface area (Å²) in [5.41, 5.74) is 1.17. The van der Waals surface area contributed by atoms with Gasteiger partial charge in [0.25, 0.3) is 5.91 Å². The molecule has 1 heterocycles. The summed E-state index contributed by atoms with van der Waals surface area (Å²) in [6, 6.07) is 9.73. The van der Waals surface area contributed by atoms with Gasteiger partial charge in [0.1, 0.15) is 17.4 Å². The van der Waals surface area contributed by atoms with Gasteiger partial charge in [-0.2, -0.15) is 0 Å². The molecule has 10 heteroatoms. The fourth-order valence-electron chi connectivity index (χ4n) is 3.76. The normalized spacial score (nSPS) is 13.4. The van der Waals surface area contributed by atoms with Crippen molar-refractivity contribution in [1.82, 2.24) is 4.90 Å². The number of phenols is 1.